The lowest BCUT2D eigenvalue weighted by molar-refractivity contribution is 0.0920. The van der Waals surface area contributed by atoms with E-state index < -0.39 is 0 Å². The van der Waals surface area contributed by atoms with E-state index >= 15 is 0 Å². The average Bonchev–Trinajstić information content (AvgIpc) is 2.01. The third-order valence-corrected chi connectivity index (χ3v) is 3.73. The van der Waals surface area contributed by atoms with E-state index in [2.05, 4.69) is 25.8 Å². The molecule has 0 aromatic carbocycles. The van der Waals surface area contributed by atoms with Crippen molar-refractivity contribution < 1.29 is 0 Å². The monoisotopic (exact) mass is 317 g/mol. The summed E-state index contributed by atoms with van der Waals surface area (Å²) in [5.41, 5.74) is 0. The minimum absolute atomic E-state index is 0.0417. The van der Waals surface area contributed by atoms with Crippen LogP contribution in [-0.4, -0.2) is 16.0 Å². The molecule has 0 heterocycles. The smallest absolute Gasteiger partial charge is 0.280 e. The molecule has 0 nitrogen and oxygen atoms in total. The summed E-state index contributed by atoms with van der Waals surface area (Å²) in [4.78, 5) is 0. The van der Waals surface area contributed by atoms with Gasteiger partial charge in [-0.3, -0.25) is 25.8 Å². The van der Waals surface area contributed by atoms with Gasteiger partial charge in [-0.2, -0.15) is 0 Å². The van der Waals surface area contributed by atoms with Crippen LogP contribution in [-0.2, 0) is 0 Å². The average molecular weight is 319 g/mol. The molecule has 71 valence electrons. The fourth-order valence-corrected chi connectivity index (χ4v) is 3.68. The molecule has 0 aromatic rings. The van der Waals surface area contributed by atoms with Crippen LogP contribution < -0.4 is 0 Å². The Labute approximate surface area is 103 Å². The molecule has 0 unspecified atom stereocenters. The summed E-state index contributed by atoms with van der Waals surface area (Å²) in [6.07, 6.45) is 9.31. The van der Waals surface area contributed by atoms with Crippen LogP contribution in [0.25, 0.3) is 0 Å². The van der Waals surface area contributed by atoms with Crippen LogP contribution in [0.15, 0.2) is 0 Å². The van der Waals surface area contributed by atoms with Crippen LogP contribution in [0.4, 0.5) is 0 Å². The molecule has 0 aliphatic heterocycles. The highest BCUT2D eigenvalue weighted by atomic mass is 79.9. The zero-order valence-corrected chi connectivity index (χ0v) is 12.5. The topological polar surface area (TPSA) is 0 Å². The predicted molar refractivity (Wildman–Crippen MR) is 65.0 cm³/mol. The zero-order chi connectivity index (χ0) is 9.26. The van der Waals surface area contributed by atoms with E-state index in [0.717, 1.165) is 17.8 Å². The maximum Gasteiger partial charge on any atom is 0.560 e. The lowest BCUT2D eigenvalue weighted by Crippen LogP contribution is -2.37. The summed E-state index contributed by atoms with van der Waals surface area (Å²) >= 11 is 6.44. The number of halogens is 2. The predicted octanol–water partition coefficient (Wildman–Crippen LogP) is 4.10. The summed E-state index contributed by atoms with van der Waals surface area (Å²) in [5, 5.41) is 0. The Morgan fingerprint density at radius 3 is 1.38 bits per heavy atom. The molecule has 0 saturated heterocycles. The van der Waals surface area contributed by atoms with Crippen LogP contribution in [0, 0.1) is 23.7 Å². The molecule has 3 heteroatoms. The van der Waals surface area contributed by atoms with Gasteiger partial charge in [0.1, 0.15) is 0 Å². The maximum atomic E-state index is 3.20. The molecule has 0 spiro atoms. The van der Waals surface area contributed by atoms with Crippen LogP contribution in [0.5, 0.6) is 0 Å². The van der Waals surface area contributed by atoms with Crippen molar-refractivity contribution in [1.29, 1.82) is 0 Å². The van der Waals surface area contributed by atoms with Crippen LogP contribution in [0.2, 0.25) is 0 Å². The lowest BCUT2D eigenvalue weighted by Gasteiger charge is -2.49. The van der Waals surface area contributed by atoms with Crippen molar-refractivity contribution in [3.63, 3.8) is 0 Å². The van der Waals surface area contributed by atoms with Gasteiger partial charge in [0.05, 0.1) is 0 Å². The molecule has 4 saturated carbocycles. The fourth-order valence-electron chi connectivity index (χ4n) is 3.68. The maximum absolute atomic E-state index is 3.20. The van der Waals surface area contributed by atoms with Crippen molar-refractivity contribution in [3.05, 3.63) is 5.92 Å². The fraction of sp³-hybridized carbons (Fsp3) is 0.900. The first kappa shape index (κ1) is 11.2. The van der Waals surface area contributed by atoms with Crippen molar-refractivity contribution >= 4 is 41.8 Å². The highest BCUT2D eigenvalue weighted by Crippen LogP contribution is 2.54. The van der Waals surface area contributed by atoms with E-state index in [4.69, 9.17) is 0 Å². The molecule has 1 radical (unpaired) electrons. The zero-order valence-electron chi connectivity index (χ0n) is 7.94. The van der Waals surface area contributed by atoms with E-state index in [-0.39, 0.29) is 16.0 Å². The summed E-state index contributed by atoms with van der Waals surface area (Å²) < 4.78 is 0. The highest BCUT2D eigenvalue weighted by molar-refractivity contribution is 9.47. The number of rotatable bonds is 0. The Kier molecular flexibility index (Phi) is 4.47. The summed E-state index contributed by atoms with van der Waals surface area (Å²) in [7, 11) is 0. The Bertz CT molecular complexity index is 116. The van der Waals surface area contributed by atoms with E-state index in [9.17, 15) is 0 Å². The number of hydrogen-bond donors (Lipinski definition) is 0. The third-order valence-electron chi connectivity index (χ3n) is 3.73. The quantitative estimate of drug-likeness (QED) is 0.590. The molecule has 0 amide bonds. The first-order valence-electron chi connectivity index (χ1n) is 5.27. The Morgan fingerprint density at radius 1 is 0.846 bits per heavy atom. The molecule has 13 heavy (non-hydrogen) atoms. The highest BCUT2D eigenvalue weighted by Gasteiger charge is 2.42. The molecule has 4 aliphatic carbocycles. The van der Waals surface area contributed by atoms with Crippen molar-refractivity contribution in [3.8, 4) is 0 Å². The van der Waals surface area contributed by atoms with E-state index in [0.29, 0.717) is 0 Å². The molecule has 0 N–H and O–H groups in total. The molecule has 0 aromatic heterocycles. The van der Waals surface area contributed by atoms with Gasteiger partial charge in [-0.25, -0.2) is 0 Å². The summed E-state index contributed by atoms with van der Waals surface area (Å²) in [6, 6.07) is 0. The molecular formula is C10H15Br2Mg. The van der Waals surface area contributed by atoms with Gasteiger partial charge in [-0.15, -0.1) is 0 Å². The summed E-state index contributed by atoms with van der Waals surface area (Å²) in [6.45, 7) is 0. The van der Waals surface area contributed by atoms with Gasteiger partial charge in [0.25, 0.3) is 0 Å². The first-order valence-corrected chi connectivity index (χ1v) is 13.1. The van der Waals surface area contributed by atoms with Gasteiger partial charge in [0.15, 0.2) is 0 Å². The van der Waals surface area contributed by atoms with E-state index in [1.165, 1.54) is 19.3 Å². The second-order valence-corrected chi connectivity index (χ2v) is 12.8. The molecule has 4 aliphatic rings. The van der Waals surface area contributed by atoms with Crippen LogP contribution in [0.3, 0.4) is 0 Å². The van der Waals surface area contributed by atoms with Gasteiger partial charge in [0, 0.05) is 0 Å². The van der Waals surface area contributed by atoms with Crippen LogP contribution in [0.1, 0.15) is 38.5 Å². The van der Waals surface area contributed by atoms with Crippen LogP contribution >= 0.6 is 25.8 Å². The largest absolute Gasteiger partial charge is 0.560 e. The van der Waals surface area contributed by atoms with Gasteiger partial charge >= 0.3 is 16.0 Å². The molecule has 0 atom stereocenters. The minimum Gasteiger partial charge on any atom is -0.280 e. The minimum atomic E-state index is 0.0417. The molecule has 4 fully saturated rings. The second kappa shape index (κ2) is 5.18. The second-order valence-electron chi connectivity index (χ2n) is 4.77. The lowest BCUT2D eigenvalue weighted by atomic mass is 9.56. The Morgan fingerprint density at radius 2 is 1.15 bits per heavy atom. The first-order chi connectivity index (χ1) is 6.31. The van der Waals surface area contributed by atoms with Crippen molar-refractivity contribution in [2.24, 2.45) is 17.8 Å². The Balaban J connectivity index is 0.000000196. The normalized spacial score (nSPS) is 40.9. The van der Waals surface area contributed by atoms with Gasteiger partial charge in [-0.1, -0.05) is 0 Å². The van der Waals surface area contributed by atoms with Gasteiger partial charge < -0.3 is 0 Å². The van der Waals surface area contributed by atoms with E-state index in [1.54, 1.807) is 19.3 Å². The molecule has 4 rings (SSSR count). The van der Waals surface area contributed by atoms with Gasteiger partial charge in [0.2, 0.25) is 0 Å². The third kappa shape index (κ3) is 2.85. The number of hydrogen-bond acceptors (Lipinski definition) is 0. The summed E-state index contributed by atoms with van der Waals surface area (Å²) in [5.74, 6) is 5.35. The van der Waals surface area contributed by atoms with Crippen molar-refractivity contribution in [2.75, 3.05) is 0 Å². The van der Waals surface area contributed by atoms with E-state index in [1.807, 2.05) is 5.92 Å². The molecular weight excluding hydrogens is 304 g/mol. The van der Waals surface area contributed by atoms with Crippen molar-refractivity contribution in [1.82, 2.24) is 0 Å². The molecule has 4 bridgehead atoms. The SMILES string of the molecule is C1[C]2CC3CC1CC(C2)C3.[Br][Mg][Br]. The Hall–Kier alpha value is 1.73. The van der Waals surface area contributed by atoms with Gasteiger partial charge in [-0.05, 0) is 62.2 Å². The standard InChI is InChI=1S/C10H15.2BrH.Mg/c1-7-2-9-4-8(1)5-10(3-7)6-9;;;/h7-9H,1-6H2;2*1H;/q;;;+2/p-2. The van der Waals surface area contributed by atoms with Crippen molar-refractivity contribution in [2.45, 2.75) is 38.5 Å².